The summed E-state index contributed by atoms with van der Waals surface area (Å²) in [5, 5.41) is 19.6. The predicted octanol–water partition coefficient (Wildman–Crippen LogP) is 3.26. The molecule has 0 radical (unpaired) electrons. The molecule has 32 heavy (non-hydrogen) atoms. The van der Waals surface area contributed by atoms with E-state index in [1.54, 1.807) is 0 Å². The van der Waals surface area contributed by atoms with Gasteiger partial charge in [0.1, 0.15) is 5.54 Å². The third-order valence-corrected chi connectivity index (χ3v) is 7.77. The standard InChI is InChI=1S/C23H31F3N2O4/c1-21(32,23(24,25)26)16-5-3-15(4-6-16)19(29)28(17-7-8-17)18-9-13-27(14-10-18)22(20(30)31)11-2-12-22/h3,5-6,15,17-18,32H,2,4,7-14H2,1H3,(H,30,31)/t15?,21-/m0/s1. The van der Waals surface area contributed by atoms with Crippen molar-refractivity contribution in [2.45, 2.75) is 87.7 Å². The third-order valence-electron chi connectivity index (χ3n) is 7.77. The normalized spacial score (nSPS) is 28.4. The minimum atomic E-state index is -4.79. The number of aliphatic hydroxyl groups is 1. The Morgan fingerprint density at radius 1 is 1.12 bits per heavy atom. The maximum atomic E-state index is 13.3. The number of hydrogen-bond donors (Lipinski definition) is 2. The van der Waals surface area contributed by atoms with Gasteiger partial charge in [-0.2, -0.15) is 13.2 Å². The molecule has 3 fully saturated rings. The zero-order valence-corrected chi connectivity index (χ0v) is 18.3. The Morgan fingerprint density at radius 2 is 1.72 bits per heavy atom. The molecule has 0 aromatic carbocycles. The molecule has 1 aliphatic heterocycles. The number of carboxylic acid groups (broad SMARTS) is 1. The van der Waals surface area contributed by atoms with Crippen LogP contribution in [-0.4, -0.2) is 74.4 Å². The minimum Gasteiger partial charge on any atom is -0.480 e. The number of amides is 1. The number of allylic oxidation sites excluding steroid dienone is 1. The molecule has 3 aliphatic carbocycles. The predicted molar refractivity (Wildman–Crippen MR) is 111 cm³/mol. The van der Waals surface area contributed by atoms with Gasteiger partial charge in [0, 0.05) is 25.2 Å². The lowest BCUT2D eigenvalue weighted by Crippen LogP contribution is -2.62. The zero-order chi connectivity index (χ0) is 23.3. The van der Waals surface area contributed by atoms with Crippen molar-refractivity contribution in [3.63, 3.8) is 0 Å². The number of rotatable bonds is 6. The fourth-order valence-electron chi connectivity index (χ4n) is 5.28. The zero-order valence-electron chi connectivity index (χ0n) is 18.3. The smallest absolute Gasteiger partial charge is 0.421 e. The molecule has 6 nitrogen and oxygen atoms in total. The second-order valence-corrected chi connectivity index (χ2v) is 9.82. The van der Waals surface area contributed by atoms with Crippen molar-refractivity contribution in [3.8, 4) is 0 Å². The van der Waals surface area contributed by atoms with Crippen LogP contribution in [0.1, 0.15) is 58.3 Å². The fourth-order valence-corrected chi connectivity index (χ4v) is 5.28. The van der Waals surface area contributed by atoms with Gasteiger partial charge < -0.3 is 15.1 Å². The molecule has 4 aliphatic rings. The molecule has 9 heteroatoms. The molecule has 1 amide bonds. The summed E-state index contributed by atoms with van der Waals surface area (Å²) in [7, 11) is 0. The van der Waals surface area contributed by atoms with Crippen LogP contribution in [0, 0.1) is 5.92 Å². The lowest BCUT2D eigenvalue weighted by Gasteiger charge is -2.50. The number of hydrogen-bond acceptors (Lipinski definition) is 4. The number of likely N-dealkylation sites (tertiary alicyclic amines) is 1. The van der Waals surface area contributed by atoms with Gasteiger partial charge in [-0.3, -0.25) is 14.5 Å². The van der Waals surface area contributed by atoms with Crippen molar-refractivity contribution in [2.24, 2.45) is 5.92 Å². The van der Waals surface area contributed by atoms with Crippen LogP contribution in [0.25, 0.3) is 0 Å². The van der Waals surface area contributed by atoms with E-state index in [2.05, 4.69) is 4.90 Å². The van der Waals surface area contributed by atoms with Crippen LogP contribution in [-0.2, 0) is 9.59 Å². The average molecular weight is 457 g/mol. The van der Waals surface area contributed by atoms with Crippen molar-refractivity contribution >= 4 is 11.9 Å². The maximum absolute atomic E-state index is 13.3. The third kappa shape index (κ3) is 3.98. The second kappa shape index (κ2) is 8.17. The van der Waals surface area contributed by atoms with Gasteiger partial charge in [-0.05, 0) is 63.9 Å². The van der Waals surface area contributed by atoms with E-state index < -0.39 is 29.2 Å². The molecule has 0 aromatic rings. The van der Waals surface area contributed by atoms with Gasteiger partial charge in [0.2, 0.25) is 5.91 Å². The van der Waals surface area contributed by atoms with Crippen molar-refractivity contribution < 1.29 is 33.0 Å². The van der Waals surface area contributed by atoms with Crippen LogP contribution in [0.3, 0.4) is 0 Å². The van der Waals surface area contributed by atoms with E-state index >= 15 is 0 Å². The van der Waals surface area contributed by atoms with E-state index in [0.717, 1.165) is 26.2 Å². The highest BCUT2D eigenvalue weighted by Crippen LogP contribution is 2.42. The van der Waals surface area contributed by atoms with E-state index in [1.807, 2.05) is 4.90 Å². The Bertz CT molecular complexity index is 820. The molecule has 2 atom stereocenters. The monoisotopic (exact) mass is 456 g/mol. The number of nitrogens with zero attached hydrogens (tertiary/aromatic N) is 2. The van der Waals surface area contributed by atoms with Crippen LogP contribution in [0.2, 0.25) is 0 Å². The maximum Gasteiger partial charge on any atom is 0.421 e. The quantitative estimate of drug-likeness (QED) is 0.641. The highest BCUT2D eigenvalue weighted by atomic mass is 19.4. The van der Waals surface area contributed by atoms with E-state index in [4.69, 9.17) is 0 Å². The summed E-state index contributed by atoms with van der Waals surface area (Å²) >= 11 is 0. The van der Waals surface area contributed by atoms with Gasteiger partial charge in [-0.15, -0.1) is 0 Å². The van der Waals surface area contributed by atoms with Crippen LogP contribution >= 0.6 is 0 Å². The van der Waals surface area contributed by atoms with Gasteiger partial charge >= 0.3 is 12.1 Å². The highest BCUT2D eigenvalue weighted by Gasteiger charge is 2.53. The lowest BCUT2D eigenvalue weighted by atomic mass is 9.74. The van der Waals surface area contributed by atoms with Gasteiger partial charge in [-0.1, -0.05) is 18.2 Å². The first-order valence-electron chi connectivity index (χ1n) is 11.5. The van der Waals surface area contributed by atoms with E-state index in [-0.39, 0.29) is 30.0 Å². The van der Waals surface area contributed by atoms with Crippen molar-refractivity contribution in [2.75, 3.05) is 13.1 Å². The van der Waals surface area contributed by atoms with Gasteiger partial charge in [-0.25, -0.2) is 0 Å². The minimum absolute atomic E-state index is 0.0224. The molecule has 1 unspecified atom stereocenters. The average Bonchev–Trinajstić information content (AvgIpc) is 3.52. The van der Waals surface area contributed by atoms with E-state index in [1.165, 1.54) is 18.2 Å². The molecular formula is C23H31F3N2O4. The topological polar surface area (TPSA) is 81.1 Å². The van der Waals surface area contributed by atoms with Crippen molar-refractivity contribution in [3.05, 3.63) is 23.8 Å². The second-order valence-electron chi connectivity index (χ2n) is 9.82. The molecule has 0 aromatic heterocycles. The van der Waals surface area contributed by atoms with Crippen LogP contribution in [0.5, 0.6) is 0 Å². The summed E-state index contributed by atoms with van der Waals surface area (Å²) in [4.78, 5) is 29.1. The number of alkyl halides is 3. The molecule has 178 valence electrons. The van der Waals surface area contributed by atoms with Gasteiger partial charge in [0.25, 0.3) is 0 Å². The van der Waals surface area contributed by atoms with Crippen LogP contribution < -0.4 is 0 Å². The van der Waals surface area contributed by atoms with Gasteiger partial charge in [0.05, 0.1) is 5.92 Å². The Morgan fingerprint density at radius 3 is 2.12 bits per heavy atom. The molecule has 1 saturated heterocycles. The first-order chi connectivity index (χ1) is 15.0. The summed E-state index contributed by atoms with van der Waals surface area (Å²) in [5.74, 6) is -1.39. The summed E-state index contributed by atoms with van der Waals surface area (Å²) < 4.78 is 39.3. The Hall–Kier alpha value is -1.87. The summed E-state index contributed by atoms with van der Waals surface area (Å²) in [6.45, 7) is 1.99. The molecule has 0 bridgehead atoms. The number of carbonyl (C=O) groups excluding carboxylic acids is 1. The van der Waals surface area contributed by atoms with E-state index in [0.29, 0.717) is 38.8 Å². The van der Waals surface area contributed by atoms with Crippen molar-refractivity contribution in [1.29, 1.82) is 0 Å². The molecule has 2 saturated carbocycles. The fraction of sp³-hybridized carbons (Fsp3) is 0.739. The molecule has 2 N–H and O–H groups in total. The SMILES string of the molecule is C[C@](O)(C1=CCC(C(=O)N(C2CC2)C2CCN(C3(C(=O)O)CCC3)CC2)C=C1)C(F)(F)F. The number of piperidine rings is 1. The van der Waals surface area contributed by atoms with Crippen LogP contribution in [0.15, 0.2) is 23.8 Å². The number of carboxylic acids is 1. The Labute approximate surface area is 185 Å². The molecular weight excluding hydrogens is 425 g/mol. The summed E-state index contributed by atoms with van der Waals surface area (Å²) in [5.41, 5.74) is -3.93. The largest absolute Gasteiger partial charge is 0.480 e. The summed E-state index contributed by atoms with van der Waals surface area (Å²) in [6, 6.07) is 0.183. The number of aliphatic carboxylic acids is 1. The number of halogens is 3. The van der Waals surface area contributed by atoms with Crippen LogP contribution in [0.4, 0.5) is 13.2 Å². The summed E-state index contributed by atoms with van der Waals surface area (Å²) in [6.07, 6.45) is 4.87. The Balaban J connectivity index is 1.40. The molecule has 0 spiro atoms. The van der Waals surface area contributed by atoms with Gasteiger partial charge in [0.15, 0.2) is 5.60 Å². The van der Waals surface area contributed by atoms with E-state index in [9.17, 15) is 33.0 Å². The Kier molecular flexibility index (Phi) is 5.94. The lowest BCUT2D eigenvalue weighted by molar-refractivity contribution is -0.235. The molecule has 4 rings (SSSR count). The first-order valence-corrected chi connectivity index (χ1v) is 11.5. The first kappa shape index (κ1) is 23.3. The van der Waals surface area contributed by atoms with Crippen molar-refractivity contribution in [1.82, 2.24) is 9.80 Å². The number of carbonyl (C=O) groups is 2. The highest BCUT2D eigenvalue weighted by molar-refractivity contribution is 5.82. The molecule has 1 heterocycles.